The highest BCUT2D eigenvalue weighted by Gasteiger charge is 2.31. The highest BCUT2D eigenvalue weighted by atomic mass is 35.5. The van der Waals surface area contributed by atoms with Crippen LogP contribution >= 0.6 is 23.2 Å². The van der Waals surface area contributed by atoms with Crippen molar-refractivity contribution in [1.29, 1.82) is 0 Å². The molecule has 1 saturated carbocycles. The molecule has 1 unspecified atom stereocenters. The number of halogens is 2. The molecule has 1 atom stereocenters. The van der Waals surface area contributed by atoms with Crippen molar-refractivity contribution in [3.63, 3.8) is 0 Å². The summed E-state index contributed by atoms with van der Waals surface area (Å²) in [6, 6.07) is 4.67. The molecule has 0 bridgehead atoms. The summed E-state index contributed by atoms with van der Waals surface area (Å²) in [7, 11) is 0. The molecule has 1 heterocycles. The number of ether oxygens (including phenoxy) is 1. The van der Waals surface area contributed by atoms with Crippen LogP contribution in [0, 0.1) is 5.92 Å². The second-order valence-corrected chi connectivity index (χ2v) is 6.28. The third-order valence-corrected chi connectivity index (χ3v) is 4.38. The maximum absolute atomic E-state index is 6.18. The molecule has 0 radical (unpaired) electrons. The van der Waals surface area contributed by atoms with E-state index in [-0.39, 0.29) is 0 Å². The number of hydrogen-bond donors (Lipinski definition) is 1. The van der Waals surface area contributed by atoms with E-state index < -0.39 is 0 Å². The van der Waals surface area contributed by atoms with Crippen molar-refractivity contribution in [3.8, 4) is 5.75 Å². The number of rotatable bonds is 2. The minimum Gasteiger partial charge on any atom is -0.492 e. The van der Waals surface area contributed by atoms with E-state index in [2.05, 4.69) is 12.2 Å². The van der Waals surface area contributed by atoms with E-state index in [1.165, 1.54) is 12.8 Å². The molecular formula is C14H17Cl2NO. The van der Waals surface area contributed by atoms with Crippen molar-refractivity contribution in [2.24, 2.45) is 5.92 Å². The van der Waals surface area contributed by atoms with E-state index in [0.717, 1.165) is 23.7 Å². The van der Waals surface area contributed by atoms with Gasteiger partial charge in [0.15, 0.2) is 0 Å². The number of hydrogen-bond acceptors (Lipinski definition) is 2. The predicted octanol–water partition coefficient (Wildman–Crippen LogP) is 4.21. The Morgan fingerprint density at radius 2 is 2.06 bits per heavy atom. The Morgan fingerprint density at radius 3 is 2.78 bits per heavy atom. The van der Waals surface area contributed by atoms with Crippen molar-refractivity contribution in [3.05, 3.63) is 27.7 Å². The Morgan fingerprint density at radius 1 is 1.28 bits per heavy atom. The topological polar surface area (TPSA) is 21.3 Å². The van der Waals surface area contributed by atoms with E-state index >= 15 is 0 Å². The zero-order valence-corrected chi connectivity index (χ0v) is 11.9. The van der Waals surface area contributed by atoms with Crippen LogP contribution in [-0.4, -0.2) is 12.6 Å². The van der Waals surface area contributed by atoms with Gasteiger partial charge in [0.2, 0.25) is 0 Å². The molecule has 1 aliphatic heterocycles. The average Bonchev–Trinajstić information content (AvgIpc) is 2.28. The fraction of sp³-hybridized carbons (Fsp3) is 0.571. The SMILES string of the molecule is CC1CC(NC2CCOc3c(Cl)cc(Cl)cc32)C1. The van der Waals surface area contributed by atoms with Gasteiger partial charge in [-0.3, -0.25) is 0 Å². The van der Waals surface area contributed by atoms with Crippen LogP contribution in [0.3, 0.4) is 0 Å². The van der Waals surface area contributed by atoms with Crippen LogP contribution in [0.2, 0.25) is 10.0 Å². The summed E-state index contributed by atoms with van der Waals surface area (Å²) in [6.45, 7) is 3.01. The second-order valence-electron chi connectivity index (χ2n) is 5.44. The van der Waals surface area contributed by atoms with Crippen molar-refractivity contribution in [2.45, 2.75) is 38.3 Å². The zero-order valence-electron chi connectivity index (χ0n) is 10.4. The molecule has 4 heteroatoms. The lowest BCUT2D eigenvalue weighted by Gasteiger charge is -2.38. The Bertz CT molecular complexity index is 457. The van der Waals surface area contributed by atoms with Gasteiger partial charge in [0, 0.05) is 29.1 Å². The van der Waals surface area contributed by atoms with Crippen LogP contribution in [0.25, 0.3) is 0 Å². The van der Waals surface area contributed by atoms with Crippen molar-refractivity contribution in [1.82, 2.24) is 5.32 Å². The van der Waals surface area contributed by atoms with Crippen LogP contribution in [0.5, 0.6) is 5.75 Å². The lowest BCUT2D eigenvalue weighted by atomic mass is 9.81. The minimum absolute atomic E-state index is 0.322. The molecule has 0 spiro atoms. The van der Waals surface area contributed by atoms with Gasteiger partial charge in [-0.1, -0.05) is 30.1 Å². The normalized spacial score (nSPS) is 30.3. The van der Waals surface area contributed by atoms with Crippen molar-refractivity contribution in [2.75, 3.05) is 6.61 Å². The van der Waals surface area contributed by atoms with E-state index in [4.69, 9.17) is 27.9 Å². The molecule has 1 aromatic rings. The number of nitrogens with one attached hydrogen (secondary N) is 1. The summed E-state index contributed by atoms with van der Waals surface area (Å²) in [5, 5.41) is 4.99. The van der Waals surface area contributed by atoms with Crippen LogP contribution in [0.4, 0.5) is 0 Å². The summed E-state index contributed by atoms with van der Waals surface area (Å²) < 4.78 is 5.66. The van der Waals surface area contributed by atoms with Gasteiger partial charge in [0.05, 0.1) is 11.6 Å². The molecule has 1 N–H and O–H groups in total. The second kappa shape index (κ2) is 4.92. The maximum atomic E-state index is 6.18. The first kappa shape index (κ1) is 12.6. The lowest BCUT2D eigenvalue weighted by Crippen LogP contribution is -2.43. The third kappa shape index (κ3) is 2.34. The summed E-state index contributed by atoms with van der Waals surface area (Å²) in [5.41, 5.74) is 1.11. The Kier molecular flexibility index (Phi) is 3.44. The molecular weight excluding hydrogens is 269 g/mol. The van der Waals surface area contributed by atoms with Gasteiger partial charge in [-0.25, -0.2) is 0 Å². The lowest BCUT2D eigenvalue weighted by molar-refractivity contribution is 0.189. The van der Waals surface area contributed by atoms with Crippen molar-refractivity contribution >= 4 is 23.2 Å². The molecule has 2 nitrogen and oxygen atoms in total. The molecule has 1 aromatic carbocycles. The van der Waals surface area contributed by atoms with Gasteiger partial charge in [0.1, 0.15) is 5.75 Å². The van der Waals surface area contributed by atoms with Crippen molar-refractivity contribution < 1.29 is 4.74 Å². The smallest absolute Gasteiger partial charge is 0.142 e. The molecule has 0 amide bonds. The molecule has 0 aromatic heterocycles. The highest BCUT2D eigenvalue weighted by molar-refractivity contribution is 6.35. The first-order chi connectivity index (χ1) is 8.63. The van der Waals surface area contributed by atoms with Gasteiger partial charge in [0.25, 0.3) is 0 Å². The first-order valence-electron chi connectivity index (χ1n) is 6.51. The Labute approximate surface area is 118 Å². The summed E-state index contributed by atoms with van der Waals surface area (Å²) in [6.07, 6.45) is 3.51. The predicted molar refractivity (Wildman–Crippen MR) is 74.6 cm³/mol. The fourth-order valence-corrected chi connectivity index (χ4v) is 3.49. The van der Waals surface area contributed by atoms with Gasteiger partial charge in [-0.05, 0) is 30.9 Å². The van der Waals surface area contributed by atoms with E-state index in [9.17, 15) is 0 Å². The van der Waals surface area contributed by atoms with E-state index in [1.807, 2.05) is 6.07 Å². The van der Waals surface area contributed by atoms with Gasteiger partial charge >= 0.3 is 0 Å². The largest absolute Gasteiger partial charge is 0.492 e. The van der Waals surface area contributed by atoms with Gasteiger partial charge in [-0.15, -0.1) is 0 Å². The highest BCUT2D eigenvalue weighted by Crippen LogP contribution is 2.41. The molecule has 0 saturated heterocycles. The molecule has 1 aliphatic carbocycles. The van der Waals surface area contributed by atoms with Gasteiger partial charge in [-0.2, -0.15) is 0 Å². The Balaban J connectivity index is 1.82. The average molecular weight is 286 g/mol. The van der Waals surface area contributed by atoms with Crippen LogP contribution in [-0.2, 0) is 0 Å². The Hall–Kier alpha value is -0.440. The molecule has 18 heavy (non-hydrogen) atoms. The zero-order chi connectivity index (χ0) is 12.7. The minimum atomic E-state index is 0.322. The summed E-state index contributed by atoms with van der Waals surface area (Å²) in [4.78, 5) is 0. The van der Waals surface area contributed by atoms with Crippen LogP contribution in [0.1, 0.15) is 37.8 Å². The number of benzene rings is 1. The monoisotopic (exact) mass is 285 g/mol. The quantitative estimate of drug-likeness (QED) is 0.879. The first-order valence-corrected chi connectivity index (χ1v) is 7.27. The standard InChI is InChI=1S/C14H17Cl2NO/c1-8-4-10(5-8)17-13-2-3-18-14-11(13)6-9(15)7-12(14)16/h6-8,10,13,17H,2-5H2,1H3. The summed E-state index contributed by atoms with van der Waals surface area (Å²) >= 11 is 12.3. The third-order valence-electron chi connectivity index (χ3n) is 3.88. The molecule has 2 aliphatic rings. The van der Waals surface area contributed by atoms with E-state index in [0.29, 0.717) is 28.7 Å². The molecule has 3 rings (SSSR count). The van der Waals surface area contributed by atoms with E-state index in [1.54, 1.807) is 6.07 Å². The molecule has 1 fully saturated rings. The number of fused-ring (bicyclic) bond motifs is 1. The maximum Gasteiger partial charge on any atom is 0.142 e. The molecule has 98 valence electrons. The fourth-order valence-electron chi connectivity index (χ4n) is 2.92. The van der Waals surface area contributed by atoms with Crippen LogP contribution in [0.15, 0.2) is 12.1 Å². The van der Waals surface area contributed by atoms with Crippen LogP contribution < -0.4 is 10.1 Å². The van der Waals surface area contributed by atoms with Gasteiger partial charge < -0.3 is 10.1 Å². The summed E-state index contributed by atoms with van der Waals surface area (Å²) in [5.74, 6) is 1.65.